The van der Waals surface area contributed by atoms with Gasteiger partial charge in [0.15, 0.2) is 5.78 Å². The largest absolute Gasteiger partial charge is 0.445 e. The first-order chi connectivity index (χ1) is 13.5. The average Bonchev–Trinajstić information content (AvgIpc) is 3.17. The number of likely N-dealkylation sites (tertiary alicyclic amines) is 1. The summed E-state index contributed by atoms with van der Waals surface area (Å²) in [5.74, 6) is -0.620. The van der Waals surface area contributed by atoms with Gasteiger partial charge in [-0.1, -0.05) is 30.3 Å². The van der Waals surface area contributed by atoms with Crippen molar-refractivity contribution in [1.29, 1.82) is 0 Å². The smallest absolute Gasteiger partial charge is 0.410 e. The van der Waals surface area contributed by atoms with Gasteiger partial charge < -0.3 is 10.1 Å². The number of Topliss-reactive ketones (excluding diaryl/α,β-unsaturated/α-hetero) is 1. The van der Waals surface area contributed by atoms with Crippen LogP contribution in [0.5, 0.6) is 0 Å². The van der Waals surface area contributed by atoms with E-state index in [0.717, 1.165) is 5.56 Å². The number of amides is 2. The van der Waals surface area contributed by atoms with Gasteiger partial charge in [-0.05, 0) is 40.4 Å². The minimum atomic E-state index is -0.651. The predicted octanol–water partition coefficient (Wildman–Crippen LogP) is 3.79. The lowest BCUT2D eigenvalue weighted by Gasteiger charge is -2.23. The van der Waals surface area contributed by atoms with Crippen LogP contribution >= 0.6 is 15.9 Å². The molecule has 1 aromatic heterocycles. The van der Waals surface area contributed by atoms with Gasteiger partial charge in [-0.15, -0.1) is 0 Å². The molecule has 2 heterocycles. The first kappa shape index (κ1) is 20.0. The van der Waals surface area contributed by atoms with Crippen molar-refractivity contribution in [2.75, 3.05) is 11.9 Å². The van der Waals surface area contributed by atoms with Gasteiger partial charge in [0.2, 0.25) is 5.91 Å². The summed E-state index contributed by atoms with van der Waals surface area (Å²) in [7, 11) is 0. The summed E-state index contributed by atoms with van der Waals surface area (Å²) in [5.41, 5.74) is 1.37. The molecule has 0 saturated carbocycles. The number of ether oxygens (including phenoxy) is 1. The maximum atomic E-state index is 12.8. The highest BCUT2D eigenvalue weighted by Gasteiger charge is 2.35. The van der Waals surface area contributed by atoms with Crippen LogP contribution in [0, 0.1) is 0 Å². The Morgan fingerprint density at radius 1 is 1.29 bits per heavy atom. The van der Waals surface area contributed by atoms with Gasteiger partial charge in [-0.2, -0.15) is 0 Å². The fourth-order valence-corrected chi connectivity index (χ4v) is 3.42. The molecule has 0 spiro atoms. The number of ketones is 1. The second kappa shape index (κ2) is 8.97. The number of rotatable bonds is 5. The first-order valence-electron chi connectivity index (χ1n) is 8.90. The number of carbonyl (C=O) groups excluding carboxylic acids is 3. The van der Waals surface area contributed by atoms with Crippen molar-refractivity contribution in [3.63, 3.8) is 0 Å². The van der Waals surface area contributed by atoms with E-state index in [-0.39, 0.29) is 24.0 Å². The van der Waals surface area contributed by atoms with E-state index in [1.807, 2.05) is 30.3 Å². The molecule has 0 bridgehead atoms. The minimum Gasteiger partial charge on any atom is -0.445 e. The van der Waals surface area contributed by atoms with E-state index in [4.69, 9.17) is 4.74 Å². The summed E-state index contributed by atoms with van der Waals surface area (Å²) in [6.45, 7) is 1.98. The van der Waals surface area contributed by atoms with Crippen molar-refractivity contribution >= 4 is 39.4 Å². The fourth-order valence-electron chi connectivity index (χ4n) is 3.09. The molecule has 1 fully saturated rings. The number of benzene rings is 1. The van der Waals surface area contributed by atoms with Gasteiger partial charge in [0.25, 0.3) is 0 Å². The van der Waals surface area contributed by atoms with Crippen molar-refractivity contribution in [3.05, 3.63) is 58.3 Å². The zero-order chi connectivity index (χ0) is 20.1. The molecule has 0 unspecified atom stereocenters. The molecule has 146 valence electrons. The van der Waals surface area contributed by atoms with Crippen molar-refractivity contribution in [2.45, 2.75) is 32.4 Å². The lowest BCUT2D eigenvalue weighted by Crippen LogP contribution is -2.43. The Kier molecular flexibility index (Phi) is 6.41. The highest BCUT2D eigenvalue weighted by atomic mass is 79.9. The van der Waals surface area contributed by atoms with E-state index < -0.39 is 12.1 Å². The number of halogens is 1. The fraction of sp³-hybridized carbons (Fsp3) is 0.300. The summed E-state index contributed by atoms with van der Waals surface area (Å²) in [6.07, 6.45) is 2.20. The quantitative estimate of drug-likeness (QED) is 0.707. The van der Waals surface area contributed by atoms with Crippen molar-refractivity contribution in [2.24, 2.45) is 0 Å². The van der Waals surface area contributed by atoms with Crippen LogP contribution in [0.15, 0.2) is 47.1 Å². The second-order valence-electron chi connectivity index (χ2n) is 6.49. The van der Waals surface area contributed by atoms with Gasteiger partial charge in [-0.3, -0.25) is 14.5 Å². The predicted molar refractivity (Wildman–Crippen MR) is 107 cm³/mol. The van der Waals surface area contributed by atoms with E-state index in [9.17, 15) is 14.4 Å². The van der Waals surface area contributed by atoms with Gasteiger partial charge in [0, 0.05) is 24.1 Å². The van der Waals surface area contributed by atoms with Crippen LogP contribution in [0.3, 0.4) is 0 Å². The highest BCUT2D eigenvalue weighted by Crippen LogP contribution is 2.23. The summed E-state index contributed by atoms with van der Waals surface area (Å²) >= 11 is 3.29. The number of hydrogen-bond donors (Lipinski definition) is 1. The standard InChI is InChI=1S/C20H20BrN3O4/c1-13(25)18-16(10-15(21)11-22-18)23-19(26)17-8-5-9-24(17)20(27)28-12-14-6-3-2-4-7-14/h2-4,6-7,10-11,17H,5,8-9,12H2,1H3,(H,23,26)/t17-/m0/s1. The van der Waals surface area contributed by atoms with Gasteiger partial charge in [-0.25, -0.2) is 9.78 Å². The molecule has 0 aliphatic carbocycles. The van der Waals surface area contributed by atoms with Gasteiger partial charge in [0.1, 0.15) is 18.3 Å². The molecular formula is C20H20BrN3O4. The Bertz CT molecular complexity index is 888. The normalized spacial score (nSPS) is 15.9. The van der Waals surface area contributed by atoms with Gasteiger partial charge >= 0.3 is 6.09 Å². The van der Waals surface area contributed by atoms with Crippen LogP contribution in [0.4, 0.5) is 10.5 Å². The number of carbonyl (C=O) groups is 3. The summed E-state index contributed by atoms with van der Waals surface area (Å²) in [4.78, 5) is 42.5. The average molecular weight is 446 g/mol. The molecule has 2 aromatic rings. The van der Waals surface area contributed by atoms with Crippen LogP contribution in [0.1, 0.15) is 35.8 Å². The topological polar surface area (TPSA) is 88.6 Å². The van der Waals surface area contributed by atoms with E-state index in [2.05, 4.69) is 26.2 Å². The third-order valence-electron chi connectivity index (χ3n) is 4.44. The van der Waals surface area contributed by atoms with E-state index in [1.54, 1.807) is 6.07 Å². The third kappa shape index (κ3) is 4.75. The minimum absolute atomic E-state index is 0.147. The van der Waals surface area contributed by atoms with E-state index in [1.165, 1.54) is 18.0 Å². The molecule has 8 heteroatoms. The molecule has 1 N–H and O–H groups in total. The molecule has 1 atom stereocenters. The summed E-state index contributed by atoms with van der Waals surface area (Å²) in [6, 6.07) is 10.3. The van der Waals surface area contributed by atoms with Crippen LogP contribution < -0.4 is 5.32 Å². The first-order valence-corrected chi connectivity index (χ1v) is 9.69. The van der Waals surface area contributed by atoms with Crippen LogP contribution in [-0.4, -0.2) is 40.3 Å². The Morgan fingerprint density at radius 3 is 2.75 bits per heavy atom. The lowest BCUT2D eigenvalue weighted by atomic mass is 10.2. The van der Waals surface area contributed by atoms with E-state index >= 15 is 0 Å². The molecule has 2 amide bonds. The molecular weight excluding hydrogens is 426 g/mol. The monoisotopic (exact) mass is 445 g/mol. The van der Waals surface area contributed by atoms with Crippen LogP contribution in [0.25, 0.3) is 0 Å². The molecule has 28 heavy (non-hydrogen) atoms. The Hall–Kier alpha value is -2.74. The number of aromatic nitrogens is 1. The number of nitrogens with zero attached hydrogens (tertiary/aromatic N) is 2. The summed E-state index contributed by atoms with van der Waals surface area (Å²) in [5, 5.41) is 2.73. The second-order valence-corrected chi connectivity index (χ2v) is 7.40. The zero-order valence-electron chi connectivity index (χ0n) is 15.4. The van der Waals surface area contributed by atoms with Crippen LogP contribution in [-0.2, 0) is 16.1 Å². The molecule has 1 aliphatic rings. The van der Waals surface area contributed by atoms with Crippen molar-refractivity contribution in [3.8, 4) is 0 Å². The van der Waals surface area contributed by atoms with Gasteiger partial charge in [0.05, 0.1) is 5.69 Å². The Morgan fingerprint density at radius 2 is 2.04 bits per heavy atom. The zero-order valence-corrected chi connectivity index (χ0v) is 16.9. The Balaban J connectivity index is 1.67. The third-order valence-corrected chi connectivity index (χ3v) is 4.87. The molecule has 1 aromatic carbocycles. The highest BCUT2D eigenvalue weighted by molar-refractivity contribution is 9.10. The molecule has 1 saturated heterocycles. The maximum Gasteiger partial charge on any atom is 0.410 e. The molecule has 0 radical (unpaired) electrons. The van der Waals surface area contributed by atoms with Crippen molar-refractivity contribution < 1.29 is 19.1 Å². The Labute approximate surface area is 171 Å². The molecule has 7 nitrogen and oxygen atoms in total. The SMILES string of the molecule is CC(=O)c1ncc(Br)cc1NC(=O)[C@@H]1CCCN1C(=O)OCc1ccccc1. The summed E-state index contributed by atoms with van der Waals surface area (Å²) < 4.78 is 5.99. The molecule has 3 rings (SSSR count). The number of pyridine rings is 1. The van der Waals surface area contributed by atoms with Crippen molar-refractivity contribution in [1.82, 2.24) is 9.88 Å². The van der Waals surface area contributed by atoms with Crippen LogP contribution in [0.2, 0.25) is 0 Å². The molecule has 1 aliphatic heterocycles. The maximum absolute atomic E-state index is 12.8. The number of anilines is 1. The lowest BCUT2D eigenvalue weighted by molar-refractivity contribution is -0.120. The van der Waals surface area contributed by atoms with E-state index in [0.29, 0.717) is 29.5 Å². The number of nitrogens with one attached hydrogen (secondary N) is 1. The number of hydrogen-bond acceptors (Lipinski definition) is 5.